The Labute approximate surface area is 127 Å². The second-order valence-electron chi connectivity index (χ2n) is 6.56. The number of amides is 1. The number of alkyl carbamates (subject to hydrolysis) is 1. The SMILES string of the molecule is CN(C)S(=O)(=O)CCNC1CC(NC(=O)OC(C)(C)C)C1. The average Bonchev–Trinajstić information content (AvgIpc) is 2.22. The highest BCUT2D eigenvalue weighted by molar-refractivity contribution is 7.89. The van der Waals surface area contributed by atoms with Crippen LogP contribution in [0, 0.1) is 0 Å². The van der Waals surface area contributed by atoms with E-state index in [0.29, 0.717) is 6.54 Å². The first-order valence-corrected chi connectivity index (χ1v) is 8.73. The van der Waals surface area contributed by atoms with E-state index >= 15 is 0 Å². The summed E-state index contributed by atoms with van der Waals surface area (Å²) >= 11 is 0. The van der Waals surface area contributed by atoms with Crippen molar-refractivity contribution in [1.29, 1.82) is 0 Å². The van der Waals surface area contributed by atoms with Crippen LogP contribution in [0.25, 0.3) is 0 Å². The molecule has 0 aromatic rings. The van der Waals surface area contributed by atoms with Crippen molar-refractivity contribution in [2.45, 2.75) is 51.3 Å². The molecule has 0 radical (unpaired) electrons. The summed E-state index contributed by atoms with van der Waals surface area (Å²) in [5.74, 6) is 0.0840. The third-order valence-electron chi connectivity index (χ3n) is 3.21. The lowest BCUT2D eigenvalue weighted by molar-refractivity contribution is 0.0466. The van der Waals surface area contributed by atoms with E-state index in [2.05, 4.69) is 10.6 Å². The minimum Gasteiger partial charge on any atom is -0.444 e. The van der Waals surface area contributed by atoms with Crippen molar-refractivity contribution in [3.05, 3.63) is 0 Å². The summed E-state index contributed by atoms with van der Waals surface area (Å²) in [5, 5.41) is 5.98. The topological polar surface area (TPSA) is 87.7 Å². The quantitative estimate of drug-likeness (QED) is 0.745. The molecule has 0 heterocycles. The summed E-state index contributed by atoms with van der Waals surface area (Å²) in [7, 11) is -0.0953. The average molecular weight is 321 g/mol. The van der Waals surface area contributed by atoms with Gasteiger partial charge in [-0.05, 0) is 33.6 Å². The highest BCUT2D eigenvalue weighted by Crippen LogP contribution is 2.20. The third-order valence-corrected chi connectivity index (χ3v) is 5.04. The smallest absolute Gasteiger partial charge is 0.407 e. The van der Waals surface area contributed by atoms with Gasteiger partial charge in [-0.3, -0.25) is 0 Å². The molecule has 21 heavy (non-hydrogen) atoms. The van der Waals surface area contributed by atoms with Crippen molar-refractivity contribution >= 4 is 16.1 Å². The number of carbonyl (C=O) groups excluding carboxylic acids is 1. The normalized spacial score (nSPS) is 22.8. The van der Waals surface area contributed by atoms with Gasteiger partial charge in [-0.15, -0.1) is 0 Å². The van der Waals surface area contributed by atoms with Gasteiger partial charge in [-0.25, -0.2) is 17.5 Å². The maximum atomic E-state index is 11.6. The van der Waals surface area contributed by atoms with E-state index < -0.39 is 21.7 Å². The lowest BCUT2D eigenvalue weighted by Crippen LogP contribution is -2.53. The molecule has 1 aliphatic carbocycles. The highest BCUT2D eigenvalue weighted by atomic mass is 32.2. The van der Waals surface area contributed by atoms with Crippen LogP contribution in [0.4, 0.5) is 4.79 Å². The molecule has 1 fully saturated rings. The van der Waals surface area contributed by atoms with E-state index in [0.717, 1.165) is 12.8 Å². The van der Waals surface area contributed by atoms with Crippen molar-refractivity contribution in [2.24, 2.45) is 0 Å². The summed E-state index contributed by atoms with van der Waals surface area (Å²) in [5.41, 5.74) is -0.494. The van der Waals surface area contributed by atoms with Crippen LogP contribution in [-0.4, -0.2) is 62.9 Å². The maximum Gasteiger partial charge on any atom is 0.407 e. The molecule has 124 valence electrons. The molecule has 1 aliphatic rings. The van der Waals surface area contributed by atoms with Gasteiger partial charge in [0.25, 0.3) is 0 Å². The maximum absolute atomic E-state index is 11.6. The molecule has 0 aromatic carbocycles. The van der Waals surface area contributed by atoms with E-state index in [4.69, 9.17) is 4.74 Å². The molecule has 0 bridgehead atoms. The minimum absolute atomic E-state index is 0.0840. The molecule has 0 unspecified atom stereocenters. The Kier molecular flexibility index (Phi) is 6.01. The van der Waals surface area contributed by atoms with Gasteiger partial charge in [0.05, 0.1) is 5.75 Å². The van der Waals surface area contributed by atoms with Crippen LogP contribution in [0.2, 0.25) is 0 Å². The summed E-state index contributed by atoms with van der Waals surface area (Å²) in [4.78, 5) is 11.6. The molecule has 1 amide bonds. The lowest BCUT2D eigenvalue weighted by Gasteiger charge is -2.36. The number of nitrogens with zero attached hydrogens (tertiary/aromatic N) is 1. The molecule has 0 saturated heterocycles. The summed E-state index contributed by atoms with van der Waals surface area (Å²) in [6, 6.07) is 0.352. The van der Waals surface area contributed by atoms with Gasteiger partial charge >= 0.3 is 6.09 Å². The van der Waals surface area contributed by atoms with Gasteiger partial charge in [0.1, 0.15) is 5.60 Å². The van der Waals surface area contributed by atoms with E-state index in [1.54, 1.807) is 0 Å². The number of hydrogen-bond donors (Lipinski definition) is 2. The number of rotatable bonds is 6. The molecule has 1 rings (SSSR count). The molecule has 0 aromatic heterocycles. The summed E-state index contributed by atoms with van der Waals surface area (Å²) in [6.45, 7) is 5.89. The Morgan fingerprint density at radius 1 is 1.24 bits per heavy atom. The van der Waals surface area contributed by atoms with Crippen molar-refractivity contribution in [2.75, 3.05) is 26.4 Å². The van der Waals surface area contributed by atoms with E-state index in [-0.39, 0.29) is 17.8 Å². The number of carbonyl (C=O) groups is 1. The first-order chi connectivity index (χ1) is 9.49. The summed E-state index contributed by atoms with van der Waals surface area (Å²) < 4.78 is 29.5. The van der Waals surface area contributed by atoms with E-state index in [1.807, 2.05) is 20.8 Å². The standard InChI is InChI=1S/C13H27N3O4S/c1-13(2,3)20-12(17)15-11-8-10(9-11)14-6-7-21(18,19)16(4)5/h10-11,14H,6-9H2,1-5H3,(H,15,17). The molecular weight excluding hydrogens is 294 g/mol. The number of nitrogens with one attached hydrogen (secondary N) is 2. The van der Waals surface area contributed by atoms with Gasteiger partial charge < -0.3 is 15.4 Å². The van der Waals surface area contributed by atoms with Gasteiger partial charge in [0, 0.05) is 32.7 Å². The van der Waals surface area contributed by atoms with Crippen molar-refractivity contribution in [3.63, 3.8) is 0 Å². The molecule has 2 N–H and O–H groups in total. The first-order valence-electron chi connectivity index (χ1n) is 7.13. The summed E-state index contributed by atoms with van der Waals surface area (Å²) in [6.07, 6.45) is 1.18. The first kappa shape index (κ1) is 18.2. The van der Waals surface area contributed by atoms with Gasteiger partial charge in [-0.2, -0.15) is 0 Å². The second kappa shape index (κ2) is 6.93. The Hall–Kier alpha value is -0.860. The van der Waals surface area contributed by atoms with Crippen LogP contribution in [0.5, 0.6) is 0 Å². The zero-order chi connectivity index (χ0) is 16.3. The fourth-order valence-electron chi connectivity index (χ4n) is 1.95. The number of ether oxygens (including phenoxy) is 1. The zero-order valence-electron chi connectivity index (χ0n) is 13.5. The van der Waals surface area contributed by atoms with Crippen molar-refractivity contribution < 1.29 is 17.9 Å². The molecule has 0 atom stereocenters. The van der Waals surface area contributed by atoms with Gasteiger partial charge in [-0.1, -0.05) is 0 Å². The van der Waals surface area contributed by atoms with Crippen LogP contribution < -0.4 is 10.6 Å². The predicted molar refractivity (Wildman–Crippen MR) is 81.7 cm³/mol. The van der Waals surface area contributed by atoms with E-state index in [9.17, 15) is 13.2 Å². The van der Waals surface area contributed by atoms with Crippen molar-refractivity contribution in [1.82, 2.24) is 14.9 Å². The Bertz CT molecular complexity index is 451. The second-order valence-corrected chi connectivity index (χ2v) is 8.87. The minimum atomic E-state index is -3.15. The fourth-order valence-corrected chi connectivity index (χ4v) is 2.69. The fraction of sp³-hybridized carbons (Fsp3) is 0.923. The van der Waals surface area contributed by atoms with Crippen LogP contribution in [0.3, 0.4) is 0 Å². The largest absolute Gasteiger partial charge is 0.444 e. The monoisotopic (exact) mass is 321 g/mol. The van der Waals surface area contributed by atoms with Crippen LogP contribution in [0.15, 0.2) is 0 Å². The molecular formula is C13H27N3O4S. The predicted octanol–water partition coefficient (Wildman–Crippen LogP) is 0.523. The molecule has 7 nitrogen and oxygen atoms in total. The van der Waals surface area contributed by atoms with Crippen LogP contribution in [0.1, 0.15) is 33.6 Å². The third kappa shape index (κ3) is 6.62. The van der Waals surface area contributed by atoms with Crippen LogP contribution in [-0.2, 0) is 14.8 Å². The molecule has 0 aliphatic heterocycles. The van der Waals surface area contributed by atoms with Crippen molar-refractivity contribution in [3.8, 4) is 0 Å². The number of hydrogen-bond acceptors (Lipinski definition) is 5. The molecule has 0 spiro atoms. The number of sulfonamides is 1. The van der Waals surface area contributed by atoms with E-state index in [1.165, 1.54) is 18.4 Å². The Morgan fingerprint density at radius 3 is 2.29 bits per heavy atom. The van der Waals surface area contributed by atoms with Crippen LogP contribution >= 0.6 is 0 Å². The molecule has 1 saturated carbocycles. The highest BCUT2D eigenvalue weighted by Gasteiger charge is 2.31. The lowest BCUT2D eigenvalue weighted by atomic mass is 9.87. The Balaban J connectivity index is 2.16. The molecule has 8 heteroatoms. The van der Waals surface area contributed by atoms with Gasteiger partial charge in [0.15, 0.2) is 0 Å². The Morgan fingerprint density at radius 2 is 1.81 bits per heavy atom. The zero-order valence-corrected chi connectivity index (χ0v) is 14.3. The van der Waals surface area contributed by atoms with Gasteiger partial charge in [0.2, 0.25) is 10.0 Å².